The van der Waals surface area contributed by atoms with E-state index in [1.165, 1.54) is 28.8 Å². The molecule has 1 heterocycles. The molecule has 0 saturated carbocycles. The number of amides is 1. The van der Waals surface area contributed by atoms with Gasteiger partial charge in [-0.1, -0.05) is 6.07 Å². The van der Waals surface area contributed by atoms with E-state index in [0.29, 0.717) is 46.0 Å². The second-order valence-electron chi connectivity index (χ2n) is 6.73. The molecule has 1 fully saturated rings. The maximum atomic E-state index is 12.9. The molecular weight excluding hydrogens is 448 g/mol. The number of carboxylic acid groups (broad SMARTS) is 2. The number of amidine groups is 1. The lowest BCUT2D eigenvalue weighted by Crippen LogP contribution is -2.28. The Balaban J connectivity index is 1.87. The van der Waals surface area contributed by atoms with Crippen LogP contribution in [0.25, 0.3) is 6.08 Å². The molecule has 0 spiro atoms. The topological polar surface area (TPSA) is 126 Å². The van der Waals surface area contributed by atoms with Crippen LogP contribution in [-0.2, 0) is 9.59 Å². The van der Waals surface area contributed by atoms with Crippen LogP contribution < -0.4 is 9.47 Å². The van der Waals surface area contributed by atoms with Crippen molar-refractivity contribution >= 4 is 46.5 Å². The molecule has 33 heavy (non-hydrogen) atoms. The van der Waals surface area contributed by atoms with Crippen molar-refractivity contribution in [2.45, 2.75) is 13.8 Å². The first kappa shape index (κ1) is 23.9. The predicted octanol–water partition coefficient (Wildman–Crippen LogP) is 3.87. The number of ether oxygens (including phenoxy) is 2. The predicted molar refractivity (Wildman–Crippen MR) is 124 cm³/mol. The molecule has 172 valence electrons. The van der Waals surface area contributed by atoms with Gasteiger partial charge in [0.25, 0.3) is 5.91 Å². The van der Waals surface area contributed by atoms with Crippen LogP contribution in [0.1, 0.15) is 29.8 Å². The number of rotatable bonds is 9. The number of carboxylic acids is 2. The van der Waals surface area contributed by atoms with Gasteiger partial charge in [-0.15, -0.1) is 0 Å². The van der Waals surface area contributed by atoms with Gasteiger partial charge in [-0.05, 0) is 73.6 Å². The van der Waals surface area contributed by atoms with Crippen molar-refractivity contribution in [2.75, 3.05) is 19.8 Å². The van der Waals surface area contributed by atoms with Crippen LogP contribution in [0.5, 0.6) is 11.5 Å². The quantitative estimate of drug-likeness (QED) is 0.529. The standard InChI is InChI=1S/C23H22N2O7S/c1-3-25-21(28)19(33-23(25)24-16-8-6-15(7-9-16)22(29)30)12-14-5-10-17(32-13-20(26)27)18(11-14)31-4-2/h5-12H,3-4,13H2,1-2H3,(H,26,27)(H,29,30). The summed E-state index contributed by atoms with van der Waals surface area (Å²) in [6.45, 7) is 3.92. The molecule has 2 N–H and O–H groups in total. The molecule has 0 atom stereocenters. The number of carbonyl (C=O) groups excluding carboxylic acids is 1. The molecule has 1 aliphatic heterocycles. The fourth-order valence-corrected chi connectivity index (χ4v) is 4.01. The number of benzene rings is 2. The van der Waals surface area contributed by atoms with E-state index in [0.717, 1.165) is 0 Å². The summed E-state index contributed by atoms with van der Waals surface area (Å²) in [6.07, 6.45) is 1.70. The maximum Gasteiger partial charge on any atom is 0.341 e. The molecule has 0 aliphatic carbocycles. The lowest BCUT2D eigenvalue weighted by molar-refractivity contribution is -0.139. The van der Waals surface area contributed by atoms with Gasteiger partial charge < -0.3 is 19.7 Å². The molecule has 1 saturated heterocycles. The molecule has 2 aromatic rings. The van der Waals surface area contributed by atoms with Gasteiger partial charge in [0.05, 0.1) is 22.8 Å². The molecule has 1 aliphatic rings. The van der Waals surface area contributed by atoms with Gasteiger partial charge in [0.15, 0.2) is 23.3 Å². The molecule has 2 aromatic carbocycles. The normalized spacial score (nSPS) is 15.8. The Labute approximate surface area is 194 Å². The minimum Gasteiger partial charge on any atom is -0.490 e. The number of hydrogen-bond donors (Lipinski definition) is 2. The number of aliphatic carboxylic acids is 1. The molecule has 0 aromatic heterocycles. The van der Waals surface area contributed by atoms with E-state index in [2.05, 4.69) is 4.99 Å². The fraction of sp³-hybridized carbons (Fsp3) is 0.217. The molecule has 0 radical (unpaired) electrons. The van der Waals surface area contributed by atoms with Crippen molar-refractivity contribution < 1.29 is 34.1 Å². The monoisotopic (exact) mass is 470 g/mol. The van der Waals surface area contributed by atoms with Crippen LogP contribution in [-0.4, -0.2) is 57.9 Å². The molecule has 0 unspecified atom stereocenters. The van der Waals surface area contributed by atoms with Crippen LogP contribution >= 0.6 is 11.8 Å². The minimum absolute atomic E-state index is 0.155. The third-order valence-corrected chi connectivity index (χ3v) is 5.47. The van der Waals surface area contributed by atoms with Gasteiger partial charge in [-0.3, -0.25) is 9.69 Å². The summed E-state index contributed by atoms with van der Waals surface area (Å²) in [4.78, 5) is 41.2. The number of nitrogens with zero attached hydrogens (tertiary/aromatic N) is 2. The first-order valence-electron chi connectivity index (χ1n) is 10.1. The highest BCUT2D eigenvalue weighted by atomic mass is 32.2. The van der Waals surface area contributed by atoms with Gasteiger partial charge in [0.1, 0.15) is 0 Å². The van der Waals surface area contributed by atoms with E-state index in [9.17, 15) is 14.4 Å². The van der Waals surface area contributed by atoms with Gasteiger partial charge in [-0.25, -0.2) is 14.6 Å². The average molecular weight is 471 g/mol. The number of thioether (sulfide) groups is 1. The Morgan fingerprint density at radius 3 is 2.39 bits per heavy atom. The van der Waals surface area contributed by atoms with Crippen LogP contribution in [0.4, 0.5) is 5.69 Å². The number of aromatic carboxylic acids is 1. The Kier molecular flexibility index (Phi) is 7.73. The molecule has 0 bridgehead atoms. The SMILES string of the molecule is CCOc1cc(C=C2SC(=Nc3ccc(C(=O)O)cc3)N(CC)C2=O)ccc1OCC(=O)O. The van der Waals surface area contributed by atoms with Gasteiger partial charge in [-0.2, -0.15) is 0 Å². The molecular formula is C23H22N2O7S. The molecule has 1 amide bonds. The number of aliphatic imine (C=N–C) groups is 1. The highest BCUT2D eigenvalue weighted by Crippen LogP contribution is 2.36. The zero-order chi connectivity index (χ0) is 24.0. The summed E-state index contributed by atoms with van der Waals surface area (Å²) in [5, 5.41) is 18.3. The summed E-state index contributed by atoms with van der Waals surface area (Å²) in [7, 11) is 0. The van der Waals surface area contributed by atoms with E-state index in [1.807, 2.05) is 6.92 Å². The van der Waals surface area contributed by atoms with Crippen LogP contribution in [0.3, 0.4) is 0 Å². The highest BCUT2D eigenvalue weighted by Gasteiger charge is 2.32. The second kappa shape index (κ2) is 10.7. The second-order valence-corrected chi connectivity index (χ2v) is 7.74. The van der Waals surface area contributed by atoms with E-state index >= 15 is 0 Å². The number of carbonyl (C=O) groups is 3. The van der Waals surface area contributed by atoms with Crippen molar-refractivity contribution in [3.05, 3.63) is 58.5 Å². The van der Waals surface area contributed by atoms with Crippen molar-refractivity contribution in [1.29, 1.82) is 0 Å². The lowest BCUT2D eigenvalue weighted by atomic mass is 10.2. The Bertz CT molecular complexity index is 1130. The van der Waals surface area contributed by atoms with E-state index in [4.69, 9.17) is 19.7 Å². The highest BCUT2D eigenvalue weighted by molar-refractivity contribution is 8.18. The number of hydrogen-bond acceptors (Lipinski definition) is 7. The summed E-state index contributed by atoms with van der Waals surface area (Å²) < 4.78 is 10.8. The average Bonchev–Trinajstić information content (AvgIpc) is 3.07. The van der Waals surface area contributed by atoms with E-state index in [-0.39, 0.29) is 11.5 Å². The third kappa shape index (κ3) is 5.92. The van der Waals surface area contributed by atoms with Crippen molar-refractivity contribution in [3.8, 4) is 11.5 Å². The van der Waals surface area contributed by atoms with Crippen LogP contribution in [0.15, 0.2) is 52.4 Å². The van der Waals surface area contributed by atoms with Crippen LogP contribution in [0, 0.1) is 0 Å². The Morgan fingerprint density at radius 2 is 1.79 bits per heavy atom. The van der Waals surface area contributed by atoms with Gasteiger partial charge in [0, 0.05) is 6.54 Å². The van der Waals surface area contributed by atoms with E-state index < -0.39 is 18.5 Å². The van der Waals surface area contributed by atoms with Gasteiger partial charge in [0.2, 0.25) is 0 Å². The Hall–Kier alpha value is -3.79. The summed E-state index contributed by atoms with van der Waals surface area (Å²) in [6, 6.07) is 11.1. The minimum atomic E-state index is -1.10. The van der Waals surface area contributed by atoms with Crippen molar-refractivity contribution in [3.63, 3.8) is 0 Å². The Morgan fingerprint density at radius 1 is 1.06 bits per heavy atom. The summed E-state index contributed by atoms with van der Waals surface area (Å²) >= 11 is 1.21. The third-order valence-electron chi connectivity index (χ3n) is 4.46. The van der Waals surface area contributed by atoms with Crippen LogP contribution in [0.2, 0.25) is 0 Å². The molecule has 3 rings (SSSR count). The fourth-order valence-electron chi connectivity index (χ4n) is 2.95. The zero-order valence-corrected chi connectivity index (χ0v) is 18.8. The molecule has 9 nitrogen and oxygen atoms in total. The smallest absolute Gasteiger partial charge is 0.341 e. The zero-order valence-electron chi connectivity index (χ0n) is 18.0. The first-order valence-corrected chi connectivity index (χ1v) is 10.9. The molecule has 10 heteroatoms. The van der Waals surface area contributed by atoms with E-state index in [1.54, 1.807) is 43.3 Å². The van der Waals surface area contributed by atoms with Crippen molar-refractivity contribution in [1.82, 2.24) is 4.90 Å². The number of likely N-dealkylation sites (N-methyl/N-ethyl adjacent to an activating group) is 1. The lowest BCUT2D eigenvalue weighted by Gasteiger charge is -2.12. The maximum absolute atomic E-state index is 12.9. The van der Waals surface area contributed by atoms with Crippen molar-refractivity contribution in [2.24, 2.45) is 4.99 Å². The van der Waals surface area contributed by atoms with Gasteiger partial charge >= 0.3 is 11.9 Å². The summed E-state index contributed by atoms with van der Waals surface area (Å²) in [5.41, 5.74) is 1.37. The first-order chi connectivity index (χ1) is 15.8. The summed E-state index contributed by atoms with van der Waals surface area (Å²) in [5.74, 6) is -1.64. The largest absolute Gasteiger partial charge is 0.490 e.